The van der Waals surface area contributed by atoms with Crippen LogP contribution in [-0.4, -0.2) is 10.1 Å². The van der Waals surface area contributed by atoms with Gasteiger partial charge in [0, 0.05) is 6.20 Å². The van der Waals surface area contributed by atoms with Crippen molar-refractivity contribution in [2.24, 2.45) is 0 Å². The number of aryl methyl sites for hydroxylation is 1. The molecule has 3 heteroatoms. The molecule has 0 spiro atoms. The molecule has 1 heterocycles. The molecule has 0 aliphatic carbocycles. The Balaban J connectivity index is 2.64. The van der Waals surface area contributed by atoms with Crippen LogP contribution in [0.4, 0.5) is 0 Å². The second-order valence-electron chi connectivity index (χ2n) is 2.96. The Morgan fingerprint density at radius 2 is 2.31 bits per heavy atom. The van der Waals surface area contributed by atoms with Gasteiger partial charge in [-0.1, -0.05) is 32.0 Å². The number of thiol groups is 1. The van der Waals surface area contributed by atoms with E-state index < -0.39 is 0 Å². The van der Waals surface area contributed by atoms with Gasteiger partial charge in [0.1, 0.15) is 5.69 Å². The van der Waals surface area contributed by atoms with E-state index in [-0.39, 0.29) is 5.12 Å². The average Bonchev–Trinajstić information content (AvgIpc) is 2.15. The molecular formula is C10H13NOS. The first-order valence-corrected chi connectivity index (χ1v) is 4.87. The lowest BCUT2D eigenvalue weighted by Gasteiger charge is -1.99. The van der Waals surface area contributed by atoms with Crippen molar-refractivity contribution < 1.29 is 4.79 Å². The number of hydrogen-bond acceptors (Lipinski definition) is 2. The Hall–Kier alpha value is -0.830. The topological polar surface area (TPSA) is 30.0 Å². The number of carbonyl (C=O) groups excluding carboxylic acids is 1. The lowest BCUT2D eigenvalue weighted by Crippen LogP contribution is -1.95. The van der Waals surface area contributed by atoms with E-state index in [1.807, 2.05) is 6.07 Å². The first kappa shape index (κ1) is 10.3. The number of unbranched alkanes of at least 4 members (excludes halogenated alkanes) is 1. The van der Waals surface area contributed by atoms with E-state index in [0.717, 1.165) is 12.8 Å². The first-order valence-electron chi connectivity index (χ1n) is 4.42. The van der Waals surface area contributed by atoms with Gasteiger partial charge >= 0.3 is 0 Å². The summed E-state index contributed by atoms with van der Waals surface area (Å²) in [5.74, 6) is 0. The smallest absolute Gasteiger partial charge is 0.234 e. The molecule has 0 fully saturated rings. The fraction of sp³-hybridized carbons (Fsp3) is 0.400. The highest BCUT2D eigenvalue weighted by molar-refractivity contribution is 7.97. The molecule has 13 heavy (non-hydrogen) atoms. The van der Waals surface area contributed by atoms with Gasteiger partial charge in [-0.15, -0.1) is 0 Å². The normalized spacial score (nSPS) is 10.0. The van der Waals surface area contributed by atoms with Crippen molar-refractivity contribution in [3.8, 4) is 0 Å². The van der Waals surface area contributed by atoms with Crippen LogP contribution in [0.15, 0.2) is 18.3 Å². The van der Waals surface area contributed by atoms with E-state index >= 15 is 0 Å². The first-order chi connectivity index (χ1) is 6.24. The van der Waals surface area contributed by atoms with Gasteiger partial charge in [-0.05, 0) is 24.5 Å². The Labute approximate surface area is 83.8 Å². The van der Waals surface area contributed by atoms with Crippen LogP contribution in [0.5, 0.6) is 0 Å². The van der Waals surface area contributed by atoms with Crippen molar-refractivity contribution in [2.45, 2.75) is 26.2 Å². The number of nitrogens with zero attached hydrogens (tertiary/aromatic N) is 1. The summed E-state index contributed by atoms with van der Waals surface area (Å²) in [6.07, 6.45) is 5.12. The highest BCUT2D eigenvalue weighted by Gasteiger charge is 2.00. The second-order valence-corrected chi connectivity index (χ2v) is 3.37. The fourth-order valence-corrected chi connectivity index (χ4v) is 1.21. The van der Waals surface area contributed by atoms with Gasteiger partial charge in [-0.3, -0.25) is 9.78 Å². The maximum Gasteiger partial charge on any atom is 0.234 e. The van der Waals surface area contributed by atoms with Gasteiger partial charge in [-0.25, -0.2) is 0 Å². The number of pyridine rings is 1. The Morgan fingerprint density at radius 3 is 2.77 bits per heavy atom. The summed E-state index contributed by atoms with van der Waals surface area (Å²) in [6, 6.07) is 3.66. The molecule has 0 bridgehead atoms. The zero-order valence-corrected chi connectivity index (χ0v) is 8.55. The summed E-state index contributed by atoms with van der Waals surface area (Å²) in [4.78, 5) is 14.8. The predicted molar refractivity (Wildman–Crippen MR) is 56.2 cm³/mol. The summed E-state index contributed by atoms with van der Waals surface area (Å²) in [5.41, 5.74) is 1.60. The number of rotatable bonds is 4. The quantitative estimate of drug-likeness (QED) is 0.748. The lowest BCUT2D eigenvalue weighted by atomic mass is 10.1. The molecule has 1 rings (SSSR count). The van der Waals surface area contributed by atoms with Crippen molar-refractivity contribution in [3.63, 3.8) is 0 Å². The summed E-state index contributed by atoms with van der Waals surface area (Å²) in [5, 5.41) is -0.276. The van der Waals surface area contributed by atoms with E-state index in [0.29, 0.717) is 5.69 Å². The fourth-order valence-electron chi connectivity index (χ4n) is 1.08. The van der Waals surface area contributed by atoms with Crippen LogP contribution in [0.2, 0.25) is 0 Å². The van der Waals surface area contributed by atoms with Crippen molar-refractivity contribution in [2.75, 3.05) is 0 Å². The third kappa shape index (κ3) is 3.19. The largest absolute Gasteiger partial charge is 0.280 e. The van der Waals surface area contributed by atoms with Crippen LogP contribution in [-0.2, 0) is 6.42 Å². The minimum Gasteiger partial charge on any atom is -0.280 e. The third-order valence-corrected chi connectivity index (χ3v) is 2.09. The second kappa shape index (κ2) is 5.02. The molecule has 0 radical (unpaired) electrons. The summed E-state index contributed by atoms with van der Waals surface area (Å²) in [6.45, 7) is 2.15. The number of carbonyl (C=O) groups is 1. The van der Waals surface area contributed by atoms with Crippen LogP contribution >= 0.6 is 12.6 Å². The molecule has 1 aromatic rings. The van der Waals surface area contributed by atoms with Crippen LogP contribution in [0.3, 0.4) is 0 Å². The lowest BCUT2D eigenvalue weighted by molar-refractivity contribution is 0.108. The average molecular weight is 195 g/mol. The molecule has 0 aromatic carbocycles. The van der Waals surface area contributed by atoms with Crippen molar-refractivity contribution in [3.05, 3.63) is 29.6 Å². The van der Waals surface area contributed by atoms with Crippen LogP contribution in [0.1, 0.15) is 35.8 Å². The molecule has 0 unspecified atom stereocenters. The highest BCUT2D eigenvalue weighted by atomic mass is 32.1. The van der Waals surface area contributed by atoms with Crippen LogP contribution < -0.4 is 0 Å². The van der Waals surface area contributed by atoms with Crippen molar-refractivity contribution in [1.29, 1.82) is 0 Å². The summed E-state index contributed by atoms with van der Waals surface area (Å²) >= 11 is 3.69. The zero-order valence-electron chi connectivity index (χ0n) is 7.66. The summed E-state index contributed by atoms with van der Waals surface area (Å²) in [7, 11) is 0. The van der Waals surface area contributed by atoms with E-state index in [1.165, 1.54) is 12.0 Å². The van der Waals surface area contributed by atoms with Gasteiger partial charge in [0.15, 0.2) is 0 Å². The van der Waals surface area contributed by atoms with Gasteiger partial charge in [0.2, 0.25) is 5.12 Å². The predicted octanol–water partition coefficient (Wildman–Crippen LogP) is 2.49. The third-order valence-electron chi connectivity index (χ3n) is 1.86. The molecule has 0 aliphatic heterocycles. The van der Waals surface area contributed by atoms with E-state index in [4.69, 9.17) is 0 Å². The zero-order chi connectivity index (χ0) is 9.68. The molecular weight excluding hydrogens is 182 g/mol. The summed E-state index contributed by atoms with van der Waals surface area (Å²) < 4.78 is 0. The standard InChI is InChI=1S/C10H13NOS/c1-2-3-4-8-5-6-9(10(12)13)11-7-8/h5-7H,2-4H2,1H3,(H,12,13). The van der Waals surface area contributed by atoms with E-state index in [2.05, 4.69) is 24.5 Å². The molecule has 1 aromatic heterocycles. The molecule has 2 nitrogen and oxygen atoms in total. The monoisotopic (exact) mass is 195 g/mol. The SMILES string of the molecule is CCCCc1ccc(C(=O)S)nc1. The van der Waals surface area contributed by atoms with Gasteiger partial charge < -0.3 is 0 Å². The molecule has 0 saturated heterocycles. The van der Waals surface area contributed by atoms with Gasteiger partial charge in [0.25, 0.3) is 0 Å². The highest BCUT2D eigenvalue weighted by Crippen LogP contribution is 2.06. The minimum absolute atomic E-state index is 0.276. The molecule has 0 N–H and O–H groups in total. The molecule has 0 aliphatic rings. The van der Waals surface area contributed by atoms with Gasteiger partial charge in [0.05, 0.1) is 0 Å². The van der Waals surface area contributed by atoms with Crippen molar-refractivity contribution >= 4 is 17.7 Å². The minimum atomic E-state index is -0.276. The molecule has 0 atom stereocenters. The maximum atomic E-state index is 10.8. The van der Waals surface area contributed by atoms with E-state index in [1.54, 1.807) is 12.3 Å². The van der Waals surface area contributed by atoms with Crippen LogP contribution in [0, 0.1) is 0 Å². The van der Waals surface area contributed by atoms with Crippen molar-refractivity contribution in [1.82, 2.24) is 4.98 Å². The number of hydrogen-bond donors (Lipinski definition) is 1. The Kier molecular flexibility index (Phi) is 3.96. The molecule has 0 amide bonds. The van der Waals surface area contributed by atoms with Gasteiger partial charge in [-0.2, -0.15) is 0 Å². The Bertz CT molecular complexity index is 281. The van der Waals surface area contributed by atoms with Crippen LogP contribution in [0.25, 0.3) is 0 Å². The Morgan fingerprint density at radius 1 is 1.54 bits per heavy atom. The van der Waals surface area contributed by atoms with E-state index in [9.17, 15) is 4.79 Å². The maximum absolute atomic E-state index is 10.8. The molecule has 0 saturated carbocycles. The number of aromatic nitrogens is 1. The molecule has 70 valence electrons.